The molecule has 0 spiro atoms. The van der Waals surface area contributed by atoms with Crippen LogP contribution in [0.15, 0.2) is 35.0 Å². The minimum atomic E-state index is -0.989. The van der Waals surface area contributed by atoms with Gasteiger partial charge in [0.1, 0.15) is 0 Å². The van der Waals surface area contributed by atoms with Gasteiger partial charge in [-0.25, -0.2) is 4.79 Å². The van der Waals surface area contributed by atoms with Crippen LogP contribution < -0.4 is 5.32 Å². The smallest absolute Gasteiger partial charge is 0.404 e. The van der Waals surface area contributed by atoms with E-state index in [1.807, 2.05) is 39.9 Å². The molecule has 2 aromatic heterocycles. The lowest BCUT2D eigenvalue weighted by molar-refractivity contribution is 0.0746. The van der Waals surface area contributed by atoms with Gasteiger partial charge in [-0.15, -0.1) is 22.7 Å². The average molecular weight is 352 g/mol. The zero-order valence-electron chi connectivity index (χ0n) is 12.7. The lowest BCUT2D eigenvalue weighted by atomic mass is 10.2. The summed E-state index contributed by atoms with van der Waals surface area (Å²) in [7, 11) is 0. The Kier molecular flexibility index (Phi) is 7.09. The molecule has 2 amide bonds. The number of rotatable bonds is 9. The van der Waals surface area contributed by atoms with E-state index in [9.17, 15) is 9.59 Å². The van der Waals surface area contributed by atoms with Crippen LogP contribution in [0.1, 0.15) is 33.8 Å². The van der Waals surface area contributed by atoms with Crippen LogP contribution in [0.4, 0.5) is 4.79 Å². The molecule has 0 atom stereocenters. The van der Waals surface area contributed by atoms with Crippen molar-refractivity contribution in [2.45, 2.75) is 25.8 Å². The van der Waals surface area contributed by atoms with Crippen molar-refractivity contribution in [3.63, 3.8) is 0 Å². The first kappa shape index (κ1) is 17.5. The van der Waals surface area contributed by atoms with E-state index in [1.165, 1.54) is 16.2 Å². The van der Waals surface area contributed by atoms with Gasteiger partial charge in [0, 0.05) is 18.0 Å². The van der Waals surface area contributed by atoms with E-state index >= 15 is 0 Å². The summed E-state index contributed by atoms with van der Waals surface area (Å²) >= 11 is 3.11. The summed E-state index contributed by atoms with van der Waals surface area (Å²) in [6, 6.07) is 7.77. The second kappa shape index (κ2) is 9.32. The van der Waals surface area contributed by atoms with Crippen molar-refractivity contribution in [3.05, 3.63) is 44.8 Å². The second-order valence-corrected chi connectivity index (χ2v) is 7.06. The molecular formula is C16H20N2O3S2. The van der Waals surface area contributed by atoms with E-state index in [2.05, 4.69) is 5.32 Å². The first-order valence-electron chi connectivity index (χ1n) is 7.49. The maximum Gasteiger partial charge on any atom is 0.404 e. The minimum absolute atomic E-state index is 0.0667. The molecule has 7 heteroatoms. The summed E-state index contributed by atoms with van der Waals surface area (Å²) in [5.74, 6) is 0.0667. The third kappa shape index (κ3) is 6.03. The Bertz CT molecular complexity index is 597. The van der Waals surface area contributed by atoms with Gasteiger partial charge in [0.25, 0.3) is 5.91 Å². The standard InChI is InChI=1S/C16H20N2O3S2/c19-15(14-7-5-11-23-14)18(12-13-6-4-10-22-13)9-3-1-2-8-17-16(20)21/h4-7,10-11,17H,1-3,8-9,12H2,(H,20,21). The van der Waals surface area contributed by atoms with E-state index in [1.54, 1.807) is 11.3 Å². The van der Waals surface area contributed by atoms with Gasteiger partial charge < -0.3 is 15.3 Å². The van der Waals surface area contributed by atoms with Gasteiger partial charge in [0.2, 0.25) is 0 Å². The van der Waals surface area contributed by atoms with Crippen LogP contribution in [-0.2, 0) is 6.54 Å². The number of nitrogens with one attached hydrogen (secondary N) is 1. The van der Waals surface area contributed by atoms with Crippen molar-refractivity contribution in [3.8, 4) is 0 Å². The number of carbonyl (C=O) groups excluding carboxylic acids is 1. The molecule has 2 N–H and O–H groups in total. The molecule has 0 fully saturated rings. The van der Waals surface area contributed by atoms with Crippen LogP contribution in [0, 0.1) is 0 Å². The molecule has 0 aromatic carbocycles. The maximum absolute atomic E-state index is 12.6. The fourth-order valence-electron chi connectivity index (χ4n) is 2.20. The molecule has 0 unspecified atom stereocenters. The van der Waals surface area contributed by atoms with Gasteiger partial charge in [0.15, 0.2) is 0 Å². The Morgan fingerprint density at radius 3 is 2.52 bits per heavy atom. The Hall–Kier alpha value is -1.86. The molecule has 0 aliphatic carbocycles. The van der Waals surface area contributed by atoms with E-state index in [4.69, 9.17) is 5.11 Å². The summed E-state index contributed by atoms with van der Waals surface area (Å²) in [5.41, 5.74) is 0. The number of carbonyl (C=O) groups is 2. The zero-order chi connectivity index (χ0) is 16.5. The number of unbranched alkanes of at least 4 members (excludes halogenated alkanes) is 2. The molecule has 5 nitrogen and oxygen atoms in total. The molecule has 0 saturated heterocycles. The van der Waals surface area contributed by atoms with Gasteiger partial charge >= 0.3 is 6.09 Å². The summed E-state index contributed by atoms with van der Waals surface area (Å²) in [4.78, 5) is 26.8. The lowest BCUT2D eigenvalue weighted by Crippen LogP contribution is -2.31. The van der Waals surface area contributed by atoms with E-state index < -0.39 is 6.09 Å². The highest BCUT2D eigenvalue weighted by Gasteiger charge is 2.17. The highest BCUT2D eigenvalue weighted by Crippen LogP contribution is 2.18. The van der Waals surface area contributed by atoms with Crippen molar-refractivity contribution in [1.82, 2.24) is 10.2 Å². The van der Waals surface area contributed by atoms with Gasteiger partial charge in [-0.2, -0.15) is 0 Å². The quantitative estimate of drug-likeness (QED) is 0.673. The fraction of sp³-hybridized carbons (Fsp3) is 0.375. The second-order valence-electron chi connectivity index (χ2n) is 5.08. The molecule has 23 heavy (non-hydrogen) atoms. The number of hydrogen-bond acceptors (Lipinski definition) is 4. The monoisotopic (exact) mass is 352 g/mol. The largest absolute Gasteiger partial charge is 0.465 e. The Morgan fingerprint density at radius 2 is 1.87 bits per heavy atom. The van der Waals surface area contributed by atoms with Crippen LogP contribution in [0.5, 0.6) is 0 Å². The Morgan fingerprint density at radius 1 is 1.09 bits per heavy atom. The Balaban J connectivity index is 1.84. The predicted molar refractivity (Wildman–Crippen MR) is 93.3 cm³/mol. The number of carboxylic acid groups (broad SMARTS) is 1. The van der Waals surface area contributed by atoms with Gasteiger partial charge in [-0.3, -0.25) is 4.79 Å². The third-order valence-corrected chi connectivity index (χ3v) is 5.05. The predicted octanol–water partition coefficient (Wildman–Crippen LogP) is 3.89. The Labute approximate surface area is 143 Å². The van der Waals surface area contributed by atoms with E-state index in [-0.39, 0.29) is 5.91 Å². The molecular weight excluding hydrogens is 332 g/mol. The molecule has 0 radical (unpaired) electrons. The van der Waals surface area contributed by atoms with Crippen molar-refractivity contribution >= 4 is 34.7 Å². The molecule has 0 aliphatic rings. The van der Waals surface area contributed by atoms with Crippen molar-refractivity contribution in [2.75, 3.05) is 13.1 Å². The van der Waals surface area contributed by atoms with Gasteiger partial charge in [-0.05, 0) is 42.2 Å². The van der Waals surface area contributed by atoms with Crippen molar-refractivity contribution in [2.24, 2.45) is 0 Å². The number of amides is 2. The summed E-state index contributed by atoms with van der Waals surface area (Å²) in [5, 5.41) is 14.8. The first-order chi connectivity index (χ1) is 11.2. The van der Waals surface area contributed by atoms with Crippen LogP contribution in [-0.4, -0.2) is 35.1 Å². The summed E-state index contributed by atoms with van der Waals surface area (Å²) in [6.45, 7) is 1.77. The summed E-state index contributed by atoms with van der Waals surface area (Å²) in [6.07, 6.45) is 1.55. The number of nitrogens with zero attached hydrogens (tertiary/aromatic N) is 1. The van der Waals surface area contributed by atoms with Gasteiger partial charge in [0.05, 0.1) is 11.4 Å². The highest BCUT2D eigenvalue weighted by atomic mass is 32.1. The topological polar surface area (TPSA) is 69.6 Å². The molecule has 0 saturated carbocycles. The molecule has 0 bridgehead atoms. The highest BCUT2D eigenvalue weighted by molar-refractivity contribution is 7.12. The average Bonchev–Trinajstić information content (AvgIpc) is 3.21. The maximum atomic E-state index is 12.6. The van der Waals surface area contributed by atoms with Gasteiger partial charge in [-0.1, -0.05) is 12.1 Å². The normalized spacial score (nSPS) is 10.4. The SMILES string of the molecule is O=C(O)NCCCCCN(Cc1cccs1)C(=O)c1cccs1. The molecule has 2 rings (SSSR count). The first-order valence-corrected chi connectivity index (χ1v) is 9.24. The third-order valence-electron chi connectivity index (χ3n) is 3.33. The minimum Gasteiger partial charge on any atom is -0.465 e. The van der Waals surface area contributed by atoms with Crippen LogP contribution in [0.25, 0.3) is 0 Å². The number of hydrogen-bond donors (Lipinski definition) is 2. The summed E-state index contributed by atoms with van der Waals surface area (Å²) < 4.78 is 0. The molecule has 2 aromatic rings. The molecule has 0 aliphatic heterocycles. The van der Waals surface area contributed by atoms with Crippen LogP contribution in [0.2, 0.25) is 0 Å². The molecule has 2 heterocycles. The number of thiophene rings is 2. The van der Waals surface area contributed by atoms with Crippen molar-refractivity contribution < 1.29 is 14.7 Å². The van der Waals surface area contributed by atoms with E-state index in [0.717, 1.165) is 24.1 Å². The van der Waals surface area contributed by atoms with Crippen LogP contribution >= 0.6 is 22.7 Å². The lowest BCUT2D eigenvalue weighted by Gasteiger charge is -2.21. The molecule has 124 valence electrons. The van der Waals surface area contributed by atoms with E-state index in [0.29, 0.717) is 19.6 Å². The van der Waals surface area contributed by atoms with Crippen molar-refractivity contribution in [1.29, 1.82) is 0 Å². The fourth-order valence-corrected chi connectivity index (χ4v) is 3.61. The zero-order valence-corrected chi connectivity index (χ0v) is 14.4. The van der Waals surface area contributed by atoms with Crippen LogP contribution in [0.3, 0.4) is 0 Å².